The van der Waals surface area contributed by atoms with Crippen LogP contribution in [-0.4, -0.2) is 46.8 Å². The lowest BCUT2D eigenvalue weighted by molar-refractivity contribution is -0.394. The first-order chi connectivity index (χ1) is 13.3. The van der Waals surface area contributed by atoms with E-state index in [9.17, 15) is 25.0 Å². The number of hydrogen-bond donors (Lipinski definition) is 0. The van der Waals surface area contributed by atoms with Gasteiger partial charge in [0.25, 0.3) is 5.69 Å². The van der Waals surface area contributed by atoms with Crippen LogP contribution in [0.1, 0.15) is 6.92 Å². The first-order valence-corrected chi connectivity index (χ1v) is 8.56. The smallest absolute Gasteiger partial charge is 0.318 e. The predicted molar refractivity (Wildman–Crippen MR) is 101 cm³/mol. The Morgan fingerprint density at radius 3 is 2.14 bits per heavy atom. The highest BCUT2D eigenvalue weighted by atomic mass is 16.6. The number of hydrogen-bond acceptors (Lipinski definition) is 7. The monoisotopic (exact) mass is 386 g/mol. The maximum atomic E-state index is 11.4. The van der Waals surface area contributed by atoms with E-state index < -0.39 is 15.5 Å². The van der Waals surface area contributed by atoms with Crippen molar-refractivity contribution < 1.29 is 19.4 Å². The fraction of sp³-hybridized carbons (Fsp3) is 0.278. The molecule has 10 heteroatoms. The third-order valence-corrected chi connectivity index (χ3v) is 4.50. The van der Waals surface area contributed by atoms with Crippen molar-refractivity contribution in [2.75, 3.05) is 31.1 Å². The number of non-ortho nitro benzene ring substituents is 1. The molecule has 1 heterocycles. The molecule has 0 N–H and O–H groups in total. The zero-order valence-corrected chi connectivity index (χ0v) is 15.1. The van der Waals surface area contributed by atoms with Gasteiger partial charge in [-0.2, -0.15) is 0 Å². The third-order valence-electron chi connectivity index (χ3n) is 4.50. The Morgan fingerprint density at radius 1 is 0.964 bits per heavy atom. The highest BCUT2D eigenvalue weighted by molar-refractivity contribution is 5.73. The molecule has 0 bridgehead atoms. The molecule has 28 heavy (non-hydrogen) atoms. The number of rotatable bonds is 5. The van der Waals surface area contributed by atoms with Crippen LogP contribution < -0.4 is 9.64 Å². The van der Waals surface area contributed by atoms with Crippen LogP contribution in [0.5, 0.6) is 11.5 Å². The summed E-state index contributed by atoms with van der Waals surface area (Å²) in [5.41, 5.74) is 0.103. The minimum atomic E-state index is -0.717. The van der Waals surface area contributed by atoms with E-state index in [1.165, 1.54) is 6.07 Å². The maximum absolute atomic E-state index is 11.4. The van der Waals surface area contributed by atoms with Crippen LogP contribution in [-0.2, 0) is 4.79 Å². The van der Waals surface area contributed by atoms with Crippen LogP contribution >= 0.6 is 0 Å². The summed E-state index contributed by atoms with van der Waals surface area (Å²) in [6.07, 6.45) is 0. The van der Waals surface area contributed by atoms with Crippen molar-refractivity contribution in [1.29, 1.82) is 0 Å². The van der Waals surface area contributed by atoms with Gasteiger partial charge < -0.3 is 14.5 Å². The van der Waals surface area contributed by atoms with Crippen LogP contribution in [0.2, 0.25) is 0 Å². The van der Waals surface area contributed by atoms with Crippen molar-refractivity contribution in [1.82, 2.24) is 4.90 Å². The average molecular weight is 386 g/mol. The third kappa shape index (κ3) is 4.17. The van der Waals surface area contributed by atoms with Crippen molar-refractivity contribution in [2.45, 2.75) is 6.92 Å². The molecule has 0 unspecified atom stereocenters. The van der Waals surface area contributed by atoms with Crippen LogP contribution in [0.15, 0.2) is 42.5 Å². The molecule has 0 aliphatic carbocycles. The van der Waals surface area contributed by atoms with Crippen LogP contribution in [0.3, 0.4) is 0 Å². The molecule has 2 aromatic rings. The van der Waals surface area contributed by atoms with E-state index in [2.05, 4.69) is 4.90 Å². The molecule has 2 aromatic carbocycles. The second-order valence-corrected chi connectivity index (χ2v) is 6.26. The van der Waals surface area contributed by atoms with Crippen molar-refractivity contribution in [3.8, 4) is 11.5 Å². The summed E-state index contributed by atoms with van der Waals surface area (Å²) in [5, 5.41) is 22.0. The largest absolute Gasteiger partial charge is 0.450 e. The number of ether oxygens (including phenoxy) is 1. The van der Waals surface area contributed by atoms with E-state index in [0.29, 0.717) is 31.9 Å². The molecular weight excluding hydrogens is 368 g/mol. The quantitative estimate of drug-likeness (QED) is 0.572. The van der Waals surface area contributed by atoms with Crippen LogP contribution in [0.4, 0.5) is 17.1 Å². The number of benzene rings is 2. The Balaban J connectivity index is 1.72. The lowest BCUT2D eigenvalue weighted by Crippen LogP contribution is -2.48. The predicted octanol–water partition coefficient (Wildman–Crippen LogP) is 2.96. The van der Waals surface area contributed by atoms with Crippen molar-refractivity contribution >= 4 is 23.0 Å². The van der Waals surface area contributed by atoms with Gasteiger partial charge in [-0.25, -0.2) is 0 Å². The average Bonchev–Trinajstić information content (AvgIpc) is 2.68. The maximum Gasteiger partial charge on any atom is 0.318 e. The minimum Gasteiger partial charge on any atom is -0.450 e. The molecule has 1 fully saturated rings. The molecule has 0 radical (unpaired) electrons. The number of anilines is 1. The van der Waals surface area contributed by atoms with Crippen molar-refractivity contribution in [3.63, 3.8) is 0 Å². The summed E-state index contributed by atoms with van der Waals surface area (Å²) in [7, 11) is 0. The van der Waals surface area contributed by atoms with E-state index in [-0.39, 0.29) is 17.3 Å². The molecule has 3 rings (SSSR count). The highest BCUT2D eigenvalue weighted by Gasteiger charge is 2.22. The molecule has 0 spiro atoms. The summed E-state index contributed by atoms with van der Waals surface area (Å²) in [5.74, 6) is 0.370. The highest BCUT2D eigenvalue weighted by Crippen LogP contribution is 2.34. The Bertz CT molecular complexity index is 907. The normalized spacial score (nSPS) is 13.9. The molecule has 0 atom stereocenters. The number of nitro benzene ring substituents is 2. The number of carbonyl (C=O) groups is 1. The van der Waals surface area contributed by atoms with Crippen molar-refractivity contribution in [2.24, 2.45) is 0 Å². The van der Waals surface area contributed by atoms with Gasteiger partial charge in [0.2, 0.25) is 11.7 Å². The van der Waals surface area contributed by atoms with Crippen LogP contribution in [0, 0.1) is 20.2 Å². The summed E-state index contributed by atoms with van der Waals surface area (Å²) >= 11 is 0. The van der Waals surface area contributed by atoms with E-state index >= 15 is 0 Å². The van der Waals surface area contributed by atoms with Gasteiger partial charge in [-0.1, -0.05) is 0 Å². The molecule has 1 amide bonds. The SMILES string of the molecule is CC(=O)N1CCN(c2ccc(Oc3ccc([N+](=O)[O-])cc3[N+](=O)[O-])cc2)CC1. The van der Waals surface area contributed by atoms with Gasteiger partial charge in [0.1, 0.15) is 5.75 Å². The second kappa shape index (κ2) is 7.91. The molecule has 1 aliphatic rings. The fourth-order valence-corrected chi connectivity index (χ4v) is 2.98. The first-order valence-electron chi connectivity index (χ1n) is 8.56. The fourth-order valence-electron chi connectivity index (χ4n) is 2.98. The molecule has 0 saturated carbocycles. The molecular formula is C18H18N4O6. The van der Waals surface area contributed by atoms with E-state index in [1.54, 1.807) is 24.0 Å². The topological polar surface area (TPSA) is 119 Å². The number of piperazine rings is 1. The number of nitro groups is 2. The van der Waals surface area contributed by atoms with E-state index in [1.807, 2.05) is 12.1 Å². The Labute approximate surface area is 160 Å². The zero-order chi connectivity index (χ0) is 20.3. The summed E-state index contributed by atoms with van der Waals surface area (Å²) < 4.78 is 5.56. The lowest BCUT2D eigenvalue weighted by atomic mass is 10.2. The van der Waals surface area contributed by atoms with Gasteiger partial charge in [-0.15, -0.1) is 0 Å². The van der Waals surface area contributed by atoms with E-state index in [4.69, 9.17) is 4.74 Å². The summed E-state index contributed by atoms with van der Waals surface area (Å²) in [4.78, 5) is 35.9. The second-order valence-electron chi connectivity index (χ2n) is 6.26. The first kappa shape index (κ1) is 19.1. The lowest BCUT2D eigenvalue weighted by Gasteiger charge is -2.35. The van der Waals surface area contributed by atoms with Gasteiger partial charge in [0, 0.05) is 44.9 Å². The standard InChI is InChI=1S/C18H18N4O6/c1-13(23)19-8-10-20(11-9-19)14-2-5-16(6-3-14)28-18-7-4-15(21(24)25)12-17(18)22(26)27/h2-7,12H,8-11H2,1H3. The summed E-state index contributed by atoms with van der Waals surface area (Å²) in [6, 6.07) is 10.3. The van der Waals surface area contributed by atoms with Crippen LogP contribution in [0.25, 0.3) is 0 Å². The van der Waals surface area contributed by atoms with Gasteiger partial charge in [-0.3, -0.25) is 25.0 Å². The Hall–Kier alpha value is -3.69. The van der Waals surface area contributed by atoms with Gasteiger partial charge in [-0.05, 0) is 30.3 Å². The van der Waals surface area contributed by atoms with Gasteiger partial charge in [0.05, 0.1) is 15.9 Å². The number of nitrogens with zero attached hydrogens (tertiary/aromatic N) is 4. The van der Waals surface area contributed by atoms with Gasteiger partial charge in [0.15, 0.2) is 0 Å². The molecule has 10 nitrogen and oxygen atoms in total. The van der Waals surface area contributed by atoms with E-state index in [0.717, 1.165) is 17.8 Å². The Morgan fingerprint density at radius 2 is 1.61 bits per heavy atom. The molecule has 1 saturated heterocycles. The number of amides is 1. The minimum absolute atomic E-state index is 0.0630. The van der Waals surface area contributed by atoms with Crippen molar-refractivity contribution in [3.05, 3.63) is 62.7 Å². The molecule has 1 aliphatic heterocycles. The Kier molecular flexibility index (Phi) is 5.39. The summed E-state index contributed by atoms with van der Waals surface area (Å²) in [6.45, 7) is 4.30. The van der Waals surface area contributed by atoms with Gasteiger partial charge >= 0.3 is 5.69 Å². The zero-order valence-electron chi connectivity index (χ0n) is 15.1. The number of carbonyl (C=O) groups excluding carboxylic acids is 1. The molecule has 146 valence electrons. The molecule has 0 aromatic heterocycles.